The van der Waals surface area contributed by atoms with Crippen molar-refractivity contribution in [2.45, 2.75) is 32.4 Å². The number of hydrogen-bond acceptors (Lipinski definition) is 3. The van der Waals surface area contributed by atoms with E-state index < -0.39 is 0 Å². The summed E-state index contributed by atoms with van der Waals surface area (Å²) in [5.41, 5.74) is 3.56. The number of benzene rings is 1. The van der Waals surface area contributed by atoms with Gasteiger partial charge in [0.25, 0.3) is 0 Å². The Kier molecular flexibility index (Phi) is 3.29. The van der Waals surface area contributed by atoms with Gasteiger partial charge >= 0.3 is 0 Å². The molecule has 1 aliphatic rings. The summed E-state index contributed by atoms with van der Waals surface area (Å²) in [6.45, 7) is 6.14. The molecule has 2 atom stereocenters. The smallest absolute Gasteiger partial charge is 0.107 e. The van der Waals surface area contributed by atoms with Gasteiger partial charge < -0.3 is 14.6 Å². The Labute approximate surface area is 113 Å². The van der Waals surface area contributed by atoms with E-state index in [2.05, 4.69) is 41.9 Å². The standard InChI is InChI=1S/C15H21N3O/c1-10-4-5-13-12(8-10)17-11(2)18(13)14-6-7-16-9-15(14)19-3/h4-5,8,14-16H,6-7,9H2,1-3H3. The summed E-state index contributed by atoms with van der Waals surface area (Å²) < 4.78 is 8.00. The van der Waals surface area contributed by atoms with E-state index in [1.165, 1.54) is 11.1 Å². The first kappa shape index (κ1) is 12.6. The molecule has 0 spiro atoms. The maximum atomic E-state index is 5.64. The van der Waals surface area contributed by atoms with Crippen LogP contribution < -0.4 is 5.32 Å². The van der Waals surface area contributed by atoms with Crippen molar-refractivity contribution >= 4 is 11.0 Å². The average Bonchev–Trinajstić information content (AvgIpc) is 2.73. The lowest BCUT2D eigenvalue weighted by molar-refractivity contribution is 0.0398. The van der Waals surface area contributed by atoms with Gasteiger partial charge in [0, 0.05) is 13.7 Å². The molecule has 102 valence electrons. The molecule has 0 amide bonds. The van der Waals surface area contributed by atoms with Crippen LogP contribution in [0.4, 0.5) is 0 Å². The van der Waals surface area contributed by atoms with Gasteiger partial charge in [0.2, 0.25) is 0 Å². The second-order valence-corrected chi connectivity index (χ2v) is 5.36. The molecular formula is C15H21N3O. The van der Waals surface area contributed by atoms with Crippen LogP contribution in [0.1, 0.15) is 23.9 Å². The highest BCUT2D eigenvalue weighted by Gasteiger charge is 2.28. The summed E-state index contributed by atoms with van der Waals surface area (Å²) in [7, 11) is 1.79. The average molecular weight is 259 g/mol. The number of rotatable bonds is 2. The monoisotopic (exact) mass is 259 g/mol. The Bertz CT molecular complexity index is 590. The normalized spacial score (nSPS) is 23.9. The number of hydrogen-bond donors (Lipinski definition) is 1. The number of fused-ring (bicyclic) bond motifs is 1. The Balaban J connectivity index is 2.10. The van der Waals surface area contributed by atoms with E-state index in [0.717, 1.165) is 30.9 Å². The van der Waals surface area contributed by atoms with Crippen LogP contribution >= 0.6 is 0 Å². The molecule has 4 nitrogen and oxygen atoms in total. The largest absolute Gasteiger partial charge is 0.378 e. The van der Waals surface area contributed by atoms with Crippen molar-refractivity contribution in [2.75, 3.05) is 20.2 Å². The minimum absolute atomic E-state index is 0.214. The van der Waals surface area contributed by atoms with Crippen molar-refractivity contribution in [1.82, 2.24) is 14.9 Å². The molecule has 1 aliphatic heterocycles. The Hall–Kier alpha value is -1.39. The van der Waals surface area contributed by atoms with Crippen molar-refractivity contribution in [1.29, 1.82) is 0 Å². The molecule has 0 bridgehead atoms. The minimum atomic E-state index is 0.214. The lowest BCUT2D eigenvalue weighted by Gasteiger charge is -2.33. The number of nitrogens with one attached hydrogen (secondary N) is 1. The molecule has 0 aliphatic carbocycles. The van der Waals surface area contributed by atoms with E-state index in [-0.39, 0.29) is 6.10 Å². The number of ether oxygens (including phenoxy) is 1. The molecule has 2 aromatic rings. The van der Waals surface area contributed by atoms with Gasteiger partial charge in [-0.2, -0.15) is 0 Å². The van der Waals surface area contributed by atoms with Crippen LogP contribution in [-0.4, -0.2) is 35.9 Å². The van der Waals surface area contributed by atoms with Crippen LogP contribution in [0.5, 0.6) is 0 Å². The third-order valence-corrected chi connectivity index (χ3v) is 4.05. The number of aromatic nitrogens is 2. The van der Waals surface area contributed by atoms with Gasteiger partial charge in [0.05, 0.1) is 23.2 Å². The molecule has 19 heavy (non-hydrogen) atoms. The van der Waals surface area contributed by atoms with Gasteiger partial charge in [0.1, 0.15) is 5.82 Å². The molecule has 1 fully saturated rings. The number of aryl methyl sites for hydroxylation is 2. The molecule has 3 rings (SSSR count). The van der Waals surface area contributed by atoms with Crippen molar-refractivity contribution in [3.05, 3.63) is 29.6 Å². The summed E-state index contributed by atoms with van der Waals surface area (Å²) in [5.74, 6) is 1.08. The van der Waals surface area contributed by atoms with Crippen LogP contribution in [0.2, 0.25) is 0 Å². The van der Waals surface area contributed by atoms with E-state index in [9.17, 15) is 0 Å². The molecule has 1 aromatic carbocycles. The fourth-order valence-corrected chi connectivity index (χ4v) is 3.10. The molecule has 0 saturated carbocycles. The lowest BCUT2D eigenvalue weighted by atomic mass is 10.0. The molecule has 1 N–H and O–H groups in total. The summed E-state index contributed by atoms with van der Waals surface area (Å²) in [5, 5.41) is 3.40. The molecule has 1 saturated heterocycles. The Morgan fingerprint density at radius 1 is 1.37 bits per heavy atom. The predicted octanol–water partition coefficient (Wildman–Crippen LogP) is 2.20. The summed E-state index contributed by atoms with van der Waals surface area (Å²) >= 11 is 0. The third-order valence-electron chi connectivity index (χ3n) is 4.05. The SMILES string of the molecule is COC1CNCCC1n1c(C)nc2cc(C)ccc21. The van der Waals surface area contributed by atoms with E-state index in [1.54, 1.807) is 7.11 Å². The van der Waals surface area contributed by atoms with Crippen molar-refractivity contribution < 1.29 is 4.74 Å². The van der Waals surface area contributed by atoms with Gasteiger partial charge in [-0.25, -0.2) is 4.98 Å². The predicted molar refractivity (Wildman–Crippen MR) is 76.5 cm³/mol. The molecule has 2 heterocycles. The maximum Gasteiger partial charge on any atom is 0.107 e. The molecule has 2 unspecified atom stereocenters. The Morgan fingerprint density at radius 2 is 2.21 bits per heavy atom. The zero-order valence-corrected chi connectivity index (χ0v) is 11.8. The summed E-state index contributed by atoms with van der Waals surface area (Å²) in [6, 6.07) is 6.86. The summed E-state index contributed by atoms with van der Waals surface area (Å²) in [4.78, 5) is 4.70. The van der Waals surface area contributed by atoms with Gasteiger partial charge in [0.15, 0.2) is 0 Å². The number of methoxy groups -OCH3 is 1. The van der Waals surface area contributed by atoms with Crippen molar-refractivity contribution in [3.8, 4) is 0 Å². The highest BCUT2D eigenvalue weighted by atomic mass is 16.5. The van der Waals surface area contributed by atoms with Gasteiger partial charge in [-0.3, -0.25) is 0 Å². The summed E-state index contributed by atoms with van der Waals surface area (Å²) in [6.07, 6.45) is 1.30. The second kappa shape index (κ2) is 4.94. The van der Waals surface area contributed by atoms with E-state index >= 15 is 0 Å². The number of piperidine rings is 1. The zero-order chi connectivity index (χ0) is 13.4. The number of nitrogens with zero attached hydrogens (tertiary/aromatic N) is 2. The lowest BCUT2D eigenvalue weighted by Crippen LogP contribution is -2.43. The van der Waals surface area contributed by atoms with Crippen LogP contribution in [0.3, 0.4) is 0 Å². The molecular weight excluding hydrogens is 238 g/mol. The van der Waals surface area contributed by atoms with Gasteiger partial charge in [-0.05, 0) is 44.5 Å². The van der Waals surface area contributed by atoms with Crippen LogP contribution in [-0.2, 0) is 4.74 Å². The van der Waals surface area contributed by atoms with Crippen LogP contribution in [0, 0.1) is 13.8 Å². The minimum Gasteiger partial charge on any atom is -0.378 e. The van der Waals surface area contributed by atoms with Crippen molar-refractivity contribution in [3.63, 3.8) is 0 Å². The fraction of sp³-hybridized carbons (Fsp3) is 0.533. The van der Waals surface area contributed by atoms with Crippen LogP contribution in [0.15, 0.2) is 18.2 Å². The molecule has 1 aromatic heterocycles. The topological polar surface area (TPSA) is 39.1 Å². The Morgan fingerprint density at radius 3 is 3.00 bits per heavy atom. The quantitative estimate of drug-likeness (QED) is 0.898. The third kappa shape index (κ3) is 2.15. The first-order chi connectivity index (χ1) is 9.20. The van der Waals surface area contributed by atoms with E-state index in [0.29, 0.717) is 6.04 Å². The molecule has 4 heteroatoms. The molecule has 0 radical (unpaired) electrons. The van der Waals surface area contributed by atoms with E-state index in [1.807, 2.05) is 0 Å². The highest BCUT2D eigenvalue weighted by Crippen LogP contribution is 2.28. The first-order valence-electron chi connectivity index (χ1n) is 6.89. The zero-order valence-electron chi connectivity index (χ0n) is 11.8. The van der Waals surface area contributed by atoms with E-state index in [4.69, 9.17) is 9.72 Å². The second-order valence-electron chi connectivity index (χ2n) is 5.36. The van der Waals surface area contributed by atoms with Crippen molar-refractivity contribution in [2.24, 2.45) is 0 Å². The number of imidazole rings is 1. The van der Waals surface area contributed by atoms with Crippen LogP contribution in [0.25, 0.3) is 11.0 Å². The highest BCUT2D eigenvalue weighted by molar-refractivity contribution is 5.77. The fourth-order valence-electron chi connectivity index (χ4n) is 3.10. The maximum absolute atomic E-state index is 5.64. The van der Waals surface area contributed by atoms with Gasteiger partial charge in [-0.15, -0.1) is 0 Å². The van der Waals surface area contributed by atoms with Gasteiger partial charge in [-0.1, -0.05) is 6.07 Å². The first-order valence-corrected chi connectivity index (χ1v) is 6.89.